The summed E-state index contributed by atoms with van der Waals surface area (Å²) < 4.78 is 6.33. The summed E-state index contributed by atoms with van der Waals surface area (Å²) in [6, 6.07) is 14.0. The lowest BCUT2D eigenvalue weighted by atomic mass is 10.0. The van der Waals surface area contributed by atoms with E-state index in [-0.39, 0.29) is 6.23 Å². The first kappa shape index (κ1) is 20.2. The third-order valence-corrected chi connectivity index (χ3v) is 5.55. The van der Waals surface area contributed by atoms with E-state index in [0.717, 1.165) is 38.1 Å². The molecule has 3 heterocycles. The first-order valence-electron chi connectivity index (χ1n) is 9.37. The number of anilines is 2. The number of fused-ring (bicyclic) bond motifs is 1. The van der Waals surface area contributed by atoms with Gasteiger partial charge in [0.05, 0.1) is 11.1 Å². The molecule has 1 atom stereocenters. The molecule has 0 aliphatic rings. The van der Waals surface area contributed by atoms with E-state index >= 15 is 0 Å². The van der Waals surface area contributed by atoms with Crippen LogP contribution in [0.3, 0.4) is 0 Å². The lowest BCUT2D eigenvalue weighted by molar-refractivity contribution is 0.118. The summed E-state index contributed by atoms with van der Waals surface area (Å²) in [6.07, 6.45) is 3.16. The molecule has 8 heteroatoms. The molecule has 0 spiro atoms. The SMILES string of the molecule is COC(C)N(C)c1ccc(-c2cc(-c3cccc(Br)c3)c3c(N)ncnc3n2)cn1. The van der Waals surface area contributed by atoms with Crippen molar-refractivity contribution in [2.45, 2.75) is 13.2 Å². The summed E-state index contributed by atoms with van der Waals surface area (Å²) in [5, 5.41) is 0.734. The Morgan fingerprint density at radius 1 is 1.07 bits per heavy atom. The lowest BCUT2D eigenvalue weighted by Gasteiger charge is -2.24. The van der Waals surface area contributed by atoms with Crippen molar-refractivity contribution in [3.05, 3.63) is 59.5 Å². The van der Waals surface area contributed by atoms with Crippen molar-refractivity contribution in [3.63, 3.8) is 0 Å². The number of hydrogen-bond acceptors (Lipinski definition) is 7. The average molecular weight is 465 g/mol. The summed E-state index contributed by atoms with van der Waals surface area (Å²) in [6.45, 7) is 1.97. The van der Waals surface area contributed by atoms with Crippen LogP contribution in [0.1, 0.15) is 6.92 Å². The fraction of sp³-hybridized carbons (Fsp3) is 0.182. The van der Waals surface area contributed by atoms with Crippen molar-refractivity contribution in [2.24, 2.45) is 0 Å². The van der Waals surface area contributed by atoms with Gasteiger partial charge < -0.3 is 15.4 Å². The highest BCUT2D eigenvalue weighted by atomic mass is 79.9. The Bertz CT molecular complexity index is 1200. The van der Waals surface area contributed by atoms with Gasteiger partial charge in [0, 0.05) is 30.4 Å². The number of benzene rings is 1. The highest BCUT2D eigenvalue weighted by molar-refractivity contribution is 9.10. The molecule has 0 fully saturated rings. The zero-order valence-electron chi connectivity index (χ0n) is 16.9. The average Bonchev–Trinajstić information content (AvgIpc) is 2.77. The van der Waals surface area contributed by atoms with E-state index < -0.39 is 0 Å². The molecule has 1 unspecified atom stereocenters. The van der Waals surface area contributed by atoms with Crippen molar-refractivity contribution in [1.82, 2.24) is 19.9 Å². The second-order valence-corrected chi connectivity index (χ2v) is 7.79. The molecule has 0 radical (unpaired) electrons. The topological polar surface area (TPSA) is 90.1 Å². The van der Waals surface area contributed by atoms with Crippen molar-refractivity contribution < 1.29 is 4.74 Å². The van der Waals surface area contributed by atoms with Gasteiger partial charge in [0.25, 0.3) is 0 Å². The molecule has 0 saturated carbocycles. The summed E-state index contributed by atoms with van der Waals surface area (Å²) in [5.74, 6) is 1.21. The fourth-order valence-corrected chi connectivity index (χ4v) is 3.61. The van der Waals surface area contributed by atoms with Gasteiger partial charge in [-0.2, -0.15) is 0 Å². The van der Waals surface area contributed by atoms with E-state index in [4.69, 9.17) is 15.5 Å². The predicted octanol–water partition coefficient (Wildman–Crippen LogP) is 4.53. The smallest absolute Gasteiger partial charge is 0.165 e. The highest BCUT2D eigenvalue weighted by Crippen LogP contribution is 2.34. The van der Waals surface area contributed by atoms with Crippen molar-refractivity contribution >= 4 is 38.6 Å². The van der Waals surface area contributed by atoms with Gasteiger partial charge in [0.1, 0.15) is 24.2 Å². The molecule has 3 aromatic heterocycles. The number of methoxy groups -OCH3 is 1. The normalized spacial score (nSPS) is 12.1. The molecular weight excluding hydrogens is 444 g/mol. The summed E-state index contributed by atoms with van der Waals surface area (Å²) in [7, 11) is 3.61. The largest absolute Gasteiger partial charge is 0.383 e. The molecule has 1 aromatic carbocycles. The Balaban J connectivity index is 1.85. The molecular formula is C22H21BrN6O. The molecule has 0 aliphatic heterocycles. The third kappa shape index (κ3) is 3.83. The Kier molecular flexibility index (Phi) is 5.61. The molecule has 30 heavy (non-hydrogen) atoms. The summed E-state index contributed by atoms with van der Waals surface area (Å²) in [5.41, 5.74) is 10.3. The number of aromatic nitrogens is 4. The number of halogens is 1. The highest BCUT2D eigenvalue weighted by Gasteiger charge is 2.15. The van der Waals surface area contributed by atoms with Gasteiger partial charge in [-0.3, -0.25) is 0 Å². The maximum atomic E-state index is 6.18. The lowest BCUT2D eigenvalue weighted by Crippen LogP contribution is -2.30. The standard InChI is InChI=1S/C22H21BrN6O/c1-13(30-3)29(2)19-8-7-15(11-25-19)18-10-17(14-5-4-6-16(23)9-14)20-21(24)26-12-27-22(20)28-18/h4-13H,1-3H3,(H2,24,26,27,28). The number of ether oxygens (including phenoxy) is 1. The van der Waals surface area contributed by atoms with Crippen LogP contribution in [0, 0.1) is 0 Å². The predicted molar refractivity (Wildman–Crippen MR) is 123 cm³/mol. The van der Waals surface area contributed by atoms with Crippen LogP contribution in [0.2, 0.25) is 0 Å². The maximum Gasteiger partial charge on any atom is 0.165 e. The van der Waals surface area contributed by atoms with Crippen LogP contribution >= 0.6 is 15.9 Å². The van der Waals surface area contributed by atoms with E-state index in [1.165, 1.54) is 6.33 Å². The minimum Gasteiger partial charge on any atom is -0.383 e. The Labute approximate surface area is 183 Å². The minimum absolute atomic E-state index is 0.0788. The van der Waals surface area contributed by atoms with Gasteiger partial charge in [0.15, 0.2) is 5.65 Å². The summed E-state index contributed by atoms with van der Waals surface area (Å²) >= 11 is 3.54. The van der Waals surface area contributed by atoms with Crippen LogP contribution < -0.4 is 10.6 Å². The number of pyridine rings is 2. The first-order valence-corrected chi connectivity index (χ1v) is 10.2. The second kappa shape index (κ2) is 8.33. The van der Waals surface area contributed by atoms with Crippen LogP contribution in [-0.4, -0.2) is 40.3 Å². The summed E-state index contributed by atoms with van der Waals surface area (Å²) in [4.78, 5) is 19.8. The molecule has 4 aromatic rings. The van der Waals surface area contributed by atoms with Crippen molar-refractivity contribution in [3.8, 4) is 22.4 Å². The van der Waals surface area contributed by atoms with E-state index in [2.05, 4.69) is 30.9 Å². The maximum absolute atomic E-state index is 6.18. The van der Waals surface area contributed by atoms with Gasteiger partial charge in [0.2, 0.25) is 0 Å². The van der Waals surface area contributed by atoms with Gasteiger partial charge >= 0.3 is 0 Å². The third-order valence-electron chi connectivity index (χ3n) is 5.06. The fourth-order valence-electron chi connectivity index (χ4n) is 3.21. The van der Waals surface area contributed by atoms with Gasteiger partial charge in [-0.1, -0.05) is 28.1 Å². The molecule has 0 bridgehead atoms. The van der Waals surface area contributed by atoms with Crippen LogP contribution in [0.25, 0.3) is 33.4 Å². The Hall–Kier alpha value is -3.10. The van der Waals surface area contributed by atoms with Crippen molar-refractivity contribution in [2.75, 3.05) is 24.8 Å². The number of nitrogens with two attached hydrogens (primary N) is 1. The monoisotopic (exact) mass is 464 g/mol. The molecule has 0 saturated heterocycles. The van der Waals surface area contributed by atoms with E-state index in [1.54, 1.807) is 13.3 Å². The molecule has 4 rings (SSSR count). The number of hydrogen-bond donors (Lipinski definition) is 1. The molecule has 152 valence electrons. The zero-order valence-corrected chi connectivity index (χ0v) is 18.5. The quantitative estimate of drug-likeness (QED) is 0.433. The van der Waals surface area contributed by atoms with Gasteiger partial charge in [-0.15, -0.1) is 0 Å². The van der Waals surface area contributed by atoms with E-state index in [9.17, 15) is 0 Å². The molecule has 0 amide bonds. The molecule has 0 aliphatic carbocycles. The van der Waals surface area contributed by atoms with E-state index in [0.29, 0.717) is 11.5 Å². The molecule has 7 nitrogen and oxygen atoms in total. The van der Waals surface area contributed by atoms with Crippen molar-refractivity contribution in [1.29, 1.82) is 0 Å². The minimum atomic E-state index is -0.0788. The number of nitrogen functional groups attached to an aromatic ring is 1. The van der Waals surface area contributed by atoms with Crippen LogP contribution in [0.4, 0.5) is 11.6 Å². The van der Waals surface area contributed by atoms with Crippen LogP contribution in [-0.2, 0) is 4.74 Å². The number of rotatable bonds is 5. The second-order valence-electron chi connectivity index (χ2n) is 6.87. The zero-order chi connectivity index (χ0) is 21.3. The Morgan fingerprint density at radius 3 is 2.60 bits per heavy atom. The van der Waals surface area contributed by atoms with E-state index in [1.807, 2.05) is 61.3 Å². The van der Waals surface area contributed by atoms with Crippen LogP contribution in [0.5, 0.6) is 0 Å². The van der Waals surface area contributed by atoms with Gasteiger partial charge in [-0.05, 0) is 48.4 Å². The first-order chi connectivity index (χ1) is 14.5. The number of nitrogens with zero attached hydrogens (tertiary/aromatic N) is 5. The molecule has 2 N–H and O–H groups in total. The van der Waals surface area contributed by atoms with Gasteiger partial charge in [-0.25, -0.2) is 19.9 Å². The Morgan fingerprint density at radius 2 is 1.90 bits per heavy atom. The van der Waals surface area contributed by atoms with Crippen LogP contribution in [0.15, 0.2) is 59.5 Å².